The lowest BCUT2D eigenvalue weighted by atomic mass is 10.0. The number of likely N-dealkylation sites (tertiary alicyclic amines) is 1. The number of likely N-dealkylation sites (N-methyl/N-ethyl adjacent to an activating group) is 1. The molecule has 1 N–H and O–H groups in total. The standard InChI is InChI=1S/C16H17N3O3/c1-19-9-12(7-8-14(19)20)17-16(21)13-10-22-18-15(13)11-5-3-2-4-6-11/h2-6,10,12H,7-9H2,1H3,(H,17,21)/t12-/m1/s1. The first kappa shape index (κ1) is 14.3. The highest BCUT2D eigenvalue weighted by atomic mass is 16.5. The first-order chi connectivity index (χ1) is 10.6. The maximum absolute atomic E-state index is 12.4. The second-order valence-electron chi connectivity index (χ2n) is 5.43. The first-order valence-electron chi connectivity index (χ1n) is 7.20. The van der Waals surface area contributed by atoms with Crippen LogP contribution in [-0.4, -0.2) is 41.5 Å². The minimum absolute atomic E-state index is 0.0475. The molecule has 6 nitrogen and oxygen atoms in total. The number of aromatic nitrogens is 1. The van der Waals surface area contributed by atoms with Gasteiger partial charge in [0.1, 0.15) is 17.5 Å². The third-order valence-corrected chi connectivity index (χ3v) is 3.82. The number of benzene rings is 1. The predicted octanol–water partition coefficient (Wildman–Crippen LogP) is 1.69. The molecule has 0 radical (unpaired) electrons. The van der Waals surface area contributed by atoms with Crippen molar-refractivity contribution in [2.75, 3.05) is 13.6 Å². The molecule has 1 atom stereocenters. The zero-order chi connectivity index (χ0) is 15.5. The van der Waals surface area contributed by atoms with Gasteiger partial charge >= 0.3 is 0 Å². The molecule has 1 aromatic carbocycles. The molecule has 114 valence electrons. The Kier molecular flexibility index (Phi) is 3.91. The Morgan fingerprint density at radius 3 is 2.86 bits per heavy atom. The van der Waals surface area contributed by atoms with Crippen molar-refractivity contribution in [1.82, 2.24) is 15.4 Å². The van der Waals surface area contributed by atoms with Crippen LogP contribution < -0.4 is 5.32 Å². The molecule has 1 aliphatic rings. The molecule has 2 heterocycles. The summed E-state index contributed by atoms with van der Waals surface area (Å²) >= 11 is 0. The van der Waals surface area contributed by atoms with Crippen molar-refractivity contribution in [3.05, 3.63) is 42.2 Å². The quantitative estimate of drug-likeness (QED) is 0.936. The molecule has 0 aliphatic carbocycles. The Balaban J connectivity index is 1.74. The molecule has 22 heavy (non-hydrogen) atoms. The van der Waals surface area contributed by atoms with Gasteiger partial charge in [-0.05, 0) is 6.42 Å². The van der Waals surface area contributed by atoms with E-state index in [1.165, 1.54) is 6.26 Å². The summed E-state index contributed by atoms with van der Waals surface area (Å²) in [5, 5.41) is 6.88. The van der Waals surface area contributed by atoms with Crippen LogP contribution in [0.5, 0.6) is 0 Å². The Bertz CT molecular complexity index is 681. The van der Waals surface area contributed by atoms with Crippen LogP contribution >= 0.6 is 0 Å². The third kappa shape index (κ3) is 2.86. The van der Waals surface area contributed by atoms with Crippen molar-refractivity contribution in [3.8, 4) is 11.3 Å². The van der Waals surface area contributed by atoms with Crippen LogP contribution in [0.4, 0.5) is 0 Å². The number of hydrogen-bond donors (Lipinski definition) is 1. The Labute approximate surface area is 128 Å². The predicted molar refractivity (Wildman–Crippen MR) is 80.1 cm³/mol. The number of carbonyl (C=O) groups excluding carboxylic acids is 2. The van der Waals surface area contributed by atoms with E-state index < -0.39 is 0 Å². The van der Waals surface area contributed by atoms with E-state index in [-0.39, 0.29) is 17.9 Å². The largest absolute Gasteiger partial charge is 0.363 e. The number of amides is 2. The minimum atomic E-state index is -0.229. The maximum atomic E-state index is 12.4. The lowest BCUT2D eigenvalue weighted by Crippen LogP contribution is -2.48. The van der Waals surface area contributed by atoms with Gasteiger partial charge in [0.15, 0.2) is 0 Å². The van der Waals surface area contributed by atoms with Gasteiger partial charge in [-0.2, -0.15) is 0 Å². The third-order valence-electron chi connectivity index (χ3n) is 3.82. The van der Waals surface area contributed by atoms with Crippen LogP contribution in [0.15, 0.2) is 41.1 Å². The molecule has 2 amide bonds. The lowest BCUT2D eigenvalue weighted by Gasteiger charge is -2.30. The van der Waals surface area contributed by atoms with Crippen LogP contribution in [0.3, 0.4) is 0 Å². The van der Waals surface area contributed by atoms with Crippen LogP contribution in [0, 0.1) is 0 Å². The van der Waals surface area contributed by atoms with Gasteiger partial charge in [-0.25, -0.2) is 0 Å². The average Bonchev–Trinajstić information content (AvgIpc) is 3.01. The summed E-state index contributed by atoms with van der Waals surface area (Å²) in [6.07, 6.45) is 2.47. The van der Waals surface area contributed by atoms with E-state index in [0.717, 1.165) is 5.56 Å². The fraction of sp³-hybridized carbons (Fsp3) is 0.312. The van der Waals surface area contributed by atoms with Gasteiger partial charge in [-0.15, -0.1) is 0 Å². The van der Waals surface area contributed by atoms with Crippen LogP contribution in [0.1, 0.15) is 23.2 Å². The van der Waals surface area contributed by atoms with E-state index in [9.17, 15) is 9.59 Å². The lowest BCUT2D eigenvalue weighted by molar-refractivity contribution is -0.132. The van der Waals surface area contributed by atoms with Crippen LogP contribution in [0.25, 0.3) is 11.3 Å². The SMILES string of the molecule is CN1C[C@H](NC(=O)c2conc2-c2ccccc2)CCC1=O. The van der Waals surface area contributed by atoms with E-state index >= 15 is 0 Å². The molecule has 1 aromatic heterocycles. The highest BCUT2D eigenvalue weighted by Crippen LogP contribution is 2.22. The second kappa shape index (κ2) is 6.01. The number of hydrogen-bond acceptors (Lipinski definition) is 4. The number of rotatable bonds is 3. The summed E-state index contributed by atoms with van der Waals surface area (Å²) in [4.78, 5) is 25.6. The summed E-state index contributed by atoms with van der Waals surface area (Å²) < 4.78 is 4.97. The Morgan fingerprint density at radius 1 is 1.36 bits per heavy atom. The second-order valence-corrected chi connectivity index (χ2v) is 5.43. The van der Waals surface area contributed by atoms with Crippen molar-refractivity contribution in [1.29, 1.82) is 0 Å². The van der Waals surface area contributed by atoms with Crippen molar-refractivity contribution < 1.29 is 14.1 Å². The molecular weight excluding hydrogens is 282 g/mol. The van der Waals surface area contributed by atoms with Gasteiger partial charge in [0.25, 0.3) is 5.91 Å². The summed E-state index contributed by atoms with van der Waals surface area (Å²) in [5.74, 6) is -0.117. The summed E-state index contributed by atoms with van der Waals surface area (Å²) in [7, 11) is 1.75. The average molecular weight is 299 g/mol. The zero-order valence-corrected chi connectivity index (χ0v) is 12.3. The smallest absolute Gasteiger partial charge is 0.257 e. The van der Waals surface area contributed by atoms with Crippen LogP contribution in [0.2, 0.25) is 0 Å². The normalized spacial score (nSPS) is 18.3. The minimum Gasteiger partial charge on any atom is -0.363 e. The summed E-state index contributed by atoms with van der Waals surface area (Å²) in [5.41, 5.74) is 1.77. The van der Waals surface area contributed by atoms with E-state index in [0.29, 0.717) is 30.6 Å². The number of carbonyl (C=O) groups is 2. The van der Waals surface area contributed by atoms with Gasteiger partial charge in [0, 0.05) is 31.6 Å². The van der Waals surface area contributed by atoms with Gasteiger partial charge < -0.3 is 14.7 Å². The number of piperidine rings is 1. The maximum Gasteiger partial charge on any atom is 0.257 e. The van der Waals surface area contributed by atoms with Gasteiger partial charge in [-0.1, -0.05) is 35.5 Å². The van der Waals surface area contributed by atoms with E-state index in [1.54, 1.807) is 11.9 Å². The highest BCUT2D eigenvalue weighted by molar-refractivity contribution is 5.99. The van der Waals surface area contributed by atoms with E-state index in [1.807, 2.05) is 30.3 Å². The van der Waals surface area contributed by atoms with Gasteiger partial charge in [0.05, 0.1) is 0 Å². The summed E-state index contributed by atoms with van der Waals surface area (Å²) in [6.45, 7) is 0.524. The molecule has 0 spiro atoms. The van der Waals surface area contributed by atoms with Crippen molar-refractivity contribution in [2.24, 2.45) is 0 Å². The molecule has 6 heteroatoms. The van der Waals surface area contributed by atoms with Crippen LogP contribution in [-0.2, 0) is 4.79 Å². The first-order valence-corrected chi connectivity index (χ1v) is 7.20. The highest BCUT2D eigenvalue weighted by Gasteiger charge is 2.26. The number of nitrogens with zero attached hydrogens (tertiary/aromatic N) is 2. The molecule has 1 fully saturated rings. The molecule has 0 bridgehead atoms. The fourth-order valence-electron chi connectivity index (χ4n) is 2.60. The van der Waals surface area contributed by atoms with Crippen molar-refractivity contribution >= 4 is 11.8 Å². The summed E-state index contributed by atoms with van der Waals surface area (Å²) in [6, 6.07) is 9.37. The van der Waals surface area contributed by atoms with Crippen molar-refractivity contribution in [3.63, 3.8) is 0 Å². The molecule has 0 unspecified atom stereocenters. The Morgan fingerprint density at radius 2 is 2.14 bits per heavy atom. The van der Waals surface area contributed by atoms with E-state index in [2.05, 4.69) is 10.5 Å². The van der Waals surface area contributed by atoms with E-state index in [4.69, 9.17) is 4.52 Å². The Hall–Kier alpha value is -2.63. The van der Waals surface area contributed by atoms with Gasteiger partial charge in [0.2, 0.25) is 5.91 Å². The number of nitrogens with one attached hydrogen (secondary N) is 1. The zero-order valence-electron chi connectivity index (χ0n) is 12.3. The molecule has 2 aromatic rings. The fourth-order valence-corrected chi connectivity index (χ4v) is 2.60. The molecule has 0 saturated carbocycles. The van der Waals surface area contributed by atoms with Gasteiger partial charge in [-0.3, -0.25) is 9.59 Å². The molecule has 1 aliphatic heterocycles. The van der Waals surface area contributed by atoms with Crippen molar-refractivity contribution in [2.45, 2.75) is 18.9 Å². The topological polar surface area (TPSA) is 75.4 Å². The molecular formula is C16H17N3O3. The molecule has 1 saturated heterocycles. The molecule has 3 rings (SSSR count). The monoisotopic (exact) mass is 299 g/mol.